The minimum Gasteiger partial charge on any atom is -0.465 e. The van der Waals surface area contributed by atoms with Gasteiger partial charge in [-0.15, -0.1) is 11.3 Å². The third-order valence-electron chi connectivity index (χ3n) is 6.19. The first-order valence-electron chi connectivity index (χ1n) is 8.54. The fourth-order valence-electron chi connectivity index (χ4n) is 5.91. The van der Waals surface area contributed by atoms with Crippen LogP contribution in [0.15, 0.2) is 5.51 Å². The maximum Gasteiger partial charge on any atom is 0.312 e. The molecule has 0 unspecified atom stereocenters. The fourth-order valence-corrected chi connectivity index (χ4v) is 6.68. The molecule has 4 aliphatic carbocycles. The Kier molecular flexibility index (Phi) is 3.37. The normalized spacial score (nSPS) is 39.2. The van der Waals surface area contributed by atoms with Gasteiger partial charge in [0, 0.05) is 11.3 Å². The van der Waals surface area contributed by atoms with Gasteiger partial charge in [-0.1, -0.05) is 6.92 Å². The van der Waals surface area contributed by atoms with E-state index < -0.39 is 0 Å². The second-order valence-electron chi connectivity index (χ2n) is 8.30. The molecule has 0 aliphatic heterocycles. The predicted molar refractivity (Wildman–Crippen MR) is 86.7 cm³/mol. The van der Waals surface area contributed by atoms with Crippen molar-refractivity contribution in [2.24, 2.45) is 22.7 Å². The van der Waals surface area contributed by atoms with Gasteiger partial charge in [-0.05, 0) is 62.7 Å². The summed E-state index contributed by atoms with van der Waals surface area (Å²) in [5.41, 5.74) is 3.19. The molecule has 4 fully saturated rings. The molecule has 120 valence electrons. The average molecular weight is 319 g/mol. The molecule has 0 aromatic carbocycles. The van der Waals surface area contributed by atoms with Crippen LogP contribution < -0.4 is 0 Å². The molecule has 0 N–H and O–H groups in total. The molecule has 4 aliphatic rings. The van der Waals surface area contributed by atoms with Crippen molar-refractivity contribution >= 4 is 17.3 Å². The number of esters is 1. The lowest BCUT2D eigenvalue weighted by Gasteiger charge is -2.59. The van der Waals surface area contributed by atoms with Gasteiger partial charge in [-0.2, -0.15) is 0 Å². The summed E-state index contributed by atoms with van der Waals surface area (Å²) in [6.07, 6.45) is 8.05. The topological polar surface area (TPSA) is 39.2 Å². The molecule has 0 saturated heterocycles. The Hall–Kier alpha value is -0.900. The number of thiazole rings is 1. The zero-order valence-corrected chi connectivity index (χ0v) is 14.4. The van der Waals surface area contributed by atoms with Crippen LogP contribution in [0.4, 0.5) is 0 Å². The Morgan fingerprint density at radius 2 is 2.09 bits per heavy atom. The summed E-state index contributed by atoms with van der Waals surface area (Å²) in [6, 6.07) is 0. The van der Waals surface area contributed by atoms with E-state index in [1.165, 1.54) is 24.1 Å². The molecule has 1 aromatic rings. The highest BCUT2D eigenvalue weighted by molar-refractivity contribution is 7.09. The van der Waals surface area contributed by atoms with Crippen LogP contribution in [-0.2, 0) is 16.0 Å². The van der Waals surface area contributed by atoms with Gasteiger partial charge in [0.15, 0.2) is 0 Å². The highest BCUT2D eigenvalue weighted by Crippen LogP contribution is 2.65. The molecular formula is C18H25NO2S. The molecule has 1 heterocycles. The summed E-state index contributed by atoms with van der Waals surface area (Å²) in [7, 11) is 0. The van der Waals surface area contributed by atoms with E-state index in [-0.39, 0.29) is 11.4 Å². The lowest BCUT2D eigenvalue weighted by Crippen LogP contribution is -2.54. The minimum atomic E-state index is -0.151. The van der Waals surface area contributed by atoms with Gasteiger partial charge in [-0.3, -0.25) is 4.79 Å². The standard InChI is InChI=1S/C18H25NO2S/c1-12-15(22-11-19-12)3-4-21-16(20)18-8-13-5-14(9-18)7-17(2,6-13)10-18/h11,13-14H,3-10H2,1-2H3/t13-,14-,17?,18?/m0/s1. The van der Waals surface area contributed by atoms with E-state index in [4.69, 9.17) is 4.74 Å². The number of aromatic nitrogens is 1. The average Bonchev–Trinajstić information content (AvgIpc) is 2.81. The zero-order valence-electron chi connectivity index (χ0n) is 13.6. The first-order valence-corrected chi connectivity index (χ1v) is 9.42. The van der Waals surface area contributed by atoms with Crippen molar-refractivity contribution in [2.45, 2.75) is 58.8 Å². The molecule has 2 atom stereocenters. The maximum absolute atomic E-state index is 12.8. The number of rotatable bonds is 4. The third kappa shape index (κ3) is 2.40. The van der Waals surface area contributed by atoms with Gasteiger partial charge < -0.3 is 4.74 Å². The van der Waals surface area contributed by atoms with Gasteiger partial charge >= 0.3 is 5.97 Å². The van der Waals surface area contributed by atoms with Crippen molar-refractivity contribution in [2.75, 3.05) is 6.61 Å². The van der Waals surface area contributed by atoms with E-state index in [0.29, 0.717) is 12.0 Å². The summed E-state index contributed by atoms with van der Waals surface area (Å²) < 4.78 is 5.74. The Balaban J connectivity index is 1.41. The van der Waals surface area contributed by atoms with Crippen LogP contribution in [0.25, 0.3) is 0 Å². The molecule has 4 bridgehead atoms. The van der Waals surface area contributed by atoms with E-state index >= 15 is 0 Å². The van der Waals surface area contributed by atoms with Gasteiger partial charge in [0.25, 0.3) is 0 Å². The molecule has 4 saturated carbocycles. The van der Waals surface area contributed by atoms with Crippen molar-refractivity contribution < 1.29 is 9.53 Å². The van der Waals surface area contributed by atoms with Crippen LogP contribution in [-0.4, -0.2) is 17.6 Å². The van der Waals surface area contributed by atoms with Crippen molar-refractivity contribution in [1.29, 1.82) is 0 Å². The smallest absolute Gasteiger partial charge is 0.312 e. The number of hydrogen-bond acceptors (Lipinski definition) is 4. The Bertz CT molecular complexity index is 580. The number of nitrogens with zero attached hydrogens (tertiary/aromatic N) is 1. The Labute approximate surface area is 136 Å². The zero-order chi connectivity index (χ0) is 15.4. The summed E-state index contributed by atoms with van der Waals surface area (Å²) in [6.45, 7) is 4.93. The van der Waals surface area contributed by atoms with Crippen LogP contribution in [0, 0.1) is 29.6 Å². The lowest BCUT2D eigenvalue weighted by atomic mass is 9.44. The largest absolute Gasteiger partial charge is 0.465 e. The molecule has 4 heteroatoms. The highest BCUT2D eigenvalue weighted by atomic mass is 32.1. The predicted octanol–water partition coefficient (Wildman–Crippen LogP) is 4.14. The monoisotopic (exact) mass is 319 g/mol. The van der Waals surface area contributed by atoms with Gasteiger partial charge in [0.2, 0.25) is 0 Å². The molecule has 22 heavy (non-hydrogen) atoms. The molecule has 0 amide bonds. The first kappa shape index (κ1) is 14.7. The SMILES string of the molecule is Cc1ncsc1CCOC(=O)C12C[C@H]3C[C@@H](CC(C)(C3)C1)C2. The van der Waals surface area contributed by atoms with Crippen LogP contribution in [0.3, 0.4) is 0 Å². The second-order valence-corrected chi connectivity index (χ2v) is 9.24. The Morgan fingerprint density at radius 1 is 1.36 bits per heavy atom. The molecule has 0 spiro atoms. The minimum absolute atomic E-state index is 0.0926. The van der Waals surface area contributed by atoms with Crippen LogP contribution in [0.2, 0.25) is 0 Å². The lowest BCUT2D eigenvalue weighted by molar-refractivity contribution is -0.179. The molecule has 5 rings (SSSR count). The van der Waals surface area contributed by atoms with E-state index in [2.05, 4.69) is 11.9 Å². The highest BCUT2D eigenvalue weighted by Gasteiger charge is 2.59. The van der Waals surface area contributed by atoms with Gasteiger partial charge in [-0.25, -0.2) is 4.98 Å². The quantitative estimate of drug-likeness (QED) is 0.783. The number of carbonyl (C=O) groups excluding carboxylic acids is 1. The number of hydrogen-bond donors (Lipinski definition) is 0. The molecule has 3 nitrogen and oxygen atoms in total. The van der Waals surface area contributed by atoms with E-state index in [1.807, 2.05) is 12.4 Å². The van der Waals surface area contributed by atoms with Crippen LogP contribution >= 0.6 is 11.3 Å². The van der Waals surface area contributed by atoms with Crippen molar-refractivity contribution in [3.05, 3.63) is 16.1 Å². The summed E-state index contributed by atoms with van der Waals surface area (Å²) in [5, 5.41) is 0. The number of aryl methyl sites for hydroxylation is 1. The van der Waals surface area contributed by atoms with Crippen molar-refractivity contribution in [3.8, 4) is 0 Å². The molecular weight excluding hydrogens is 294 g/mol. The van der Waals surface area contributed by atoms with Gasteiger partial charge in [0.05, 0.1) is 23.2 Å². The molecule has 0 radical (unpaired) electrons. The van der Waals surface area contributed by atoms with E-state index in [1.54, 1.807) is 11.3 Å². The second kappa shape index (κ2) is 5.05. The maximum atomic E-state index is 12.8. The molecule has 1 aromatic heterocycles. The summed E-state index contributed by atoms with van der Waals surface area (Å²) in [5.74, 6) is 1.63. The van der Waals surface area contributed by atoms with E-state index in [9.17, 15) is 4.79 Å². The third-order valence-corrected chi connectivity index (χ3v) is 7.19. The van der Waals surface area contributed by atoms with Gasteiger partial charge in [0.1, 0.15) is 0 Å². The fraction of sp³-hybridized carbons (Fsp3) is 0.778. The summed E-state index contributed by atoms with van der Waals surface area (Å²) >= 11 is 1.66. The van der Waals surface area contributed by atoms with E-state index in [0.717, 1.165) is 43.2 Å². The van der Waals surface area contributed by atoms with Crippen molar-refractivity contribution in [3.63, 3.8) is 0 Å². The van der Waals surface area contributed by atoms with Crippen LogP contribution in [0.1, 0.15) is 56.0 Å². The van der Waals surface area contributed by atoms with Crippen LogP contribution in [0.5, 0.6) is 0 Å². The first-order chi connectivity index (χ1) is 10.5. The Morgan fingerprint density at radius 3 is 2.68 bits per heavy atom. The van der Waals surface area contributed by atoms with Crippen molar-refractivity contribution in [1.82, 2.24) is 4.98 Å². The number of carbonyl (C=O) groups is 1. The summed E-state index contributed by atoms with van der Waals surface area (Å²) in [4.78, 5) is 18.3. The number of ether oxygens (including phenoxy) is 1.